The molecule has 0 aliphatic heterocycles. The summed E-state index contributed by atoms with van der Waals surface area (Å²) in [5.41, 5.74) is 2.80. The zero-order chi connectivity index (χ0) is 17.9. The number of aliphatic hydroxyl groups is 1. The quantitative estimate of drug-likeness (QED) is 0.537. The minimum atomic E-state index is -0.653. The topological polar surface area (TPSA) is 51.5 Å². The first-order valence-corrected chi connectivity index (χ1v) is 8.58. The fraction of sp³-hybridized carbons (Fsp3) is 0.136. The number of benzene rings is 3. The Morgan fingerprint density at radius 3 is 2.04 bits per heavy atom. The van der Waals surface area contributed by atoms with E-state index in [2.05, 4.69) is 28.8 Å². The summed E-state index contributed by atoms with van der Waals surface area (Å²) < 4.78 is 7.79. The zero-order valence-corrected chi connectivity index (χ0v) is 14.2. The van der Waals surface area contributed by atoms with Gasteiger partial charge in [-0.3, -0.25) is 4.79 Å². The molecule has 1 unspecified atom stereocenters. The van der Waals surface area contributed by atoms with Crippen molar-refractivity contribution in [2.75, 3.05) is 6.61 Å². The standard InChI is InChI=1S/C22H19NO3/c24-14-16-9-11-18(12-10-16)26-15-17(25)13-23-21-7-3-1-5-19(21)20-6-2-4-8-22(20)23/h1-12,14,17,25H,13,15H2. The van der Waals surface area contributed by atoms with Crippen LogP contribution in [0.1, 0.15) is 10.4 Å². The zero-order valence-electron chi connectivity index (χ0n) is 14.2. The minimum Gasteiger partial charge on any atom is -0.491 e. The van der Waals surface area contributed by atoms with E-state index in [9.17, 15) is 9.90 Å². The number of aromatic nitrogens is 1. The molecule has 0 fully saturated rings. The maximum atomic E-state index is 10.7. The van der Waals surface area contributed by atoms with Crippen molar-refractivity contribution >= 4 is 28.1 Å². The molecule has 3 aromatic carbocycles. The van der Waals surface area contributed by atoms with Gasteiger partial charge in [-0.05, 0) is 36.4 Å². The molecule has 4 nitrogen and oxygen atoms in total. The van der Waals surface area contributed by atoms with Crippen LogP contribution >= 0.6 is 0 Å². The summed E-state index contributed by atoms with van der Waals surface area (Å²) in [6.07, 6.45) is 0.140. The Morgan fingerprint density at radius 1 is 0.885 bits per heavy atom. The lowest BCUT2D eigenvalue weighted by atomic mass is 10.2. The number of carbonyl (C=O) groups is 1. The number of para-hydroxylation sites is 2. The molecule has 1 atom stereocenters. The molecule has 1 aromatic heterocycles. The Bertz CT molecular complexity index is 997. The average Bonchev–Trinajstić information content (AvgIpc) is 3.01. The van der Waals surface area contributed by atoms with Gasteiger partial charge in [0.15, 0.2) is 0 Å². The van der Waals surface area contributed by atoms with E-state index < -0.39 is 6.10 Å². The molecule has 0 amide bonds. The van der Waals surface area contributed by atoms with Crippen LogP contribution in [0.3, 0.4) is 0 Å². The van der Waals surface area contributed by atoms with Crippen molar-refractivity contribution in [2.45, 2.75) is 12.6 Å². The van der Waals surface area contributed by atoms with Gasteiger partial charge in [-0.2, -0.15) is 0 Å². The Hall–Kier alpha value is -3.11. The van der Waals surface area contributed by atoms with E-state index in [1.54, 1.807) is 24.3 Å². The van der Waals surface area contributed by atoms with Crippen molar-refractivity contribution in [2.24, 2.45) is 0 Å². The summed E-state index contributed by atoms with van der Waals surface area (Å²) in [5.74, 6) is 0.636. The van der Waals surface area contributed by atoms with Crippen LogP contribution in [0.4, 0.5) is 0 Å². The summed E-state index contributed by atoms with van der Waals surface area (Å²) >= 11 is 0. The van der Waals surface area contributed by atoms with Crippen LogP contribution in [0.25, 0.3) is 21.8 Å². The van der Waals surface area contributed by atoms with E-state index >= 15 is 0 Å². The molecule has 0 aliphatic carbocycles. The number of nitrogens with zero attached hydrogens (tertiary/aromatic N) is 1. The number of hydrogen-bond acceptors (Lipinski definition) is 3. The molecule has 130 valence electrons. The average molecular weight is 345 g/mol. The Morgan fingerprint density at radius 2 is 1.46 bits per heavy atom. The molecule has 0 bridgehead atoms. The van der Waals surface area contributed by atoms with Gasteiger partial charge in [-0.1, -0.05) is 36.4 Å². The molecule has 0 saturated carbocycles. The van der Waals surface area contributed by atoms with Crippen LogP contribution in [0, 0.1) is 0 Å². The maximum Gasteiger partial charge on any atom is 0.150 e. The summed E-state index contributed by atoms with van der Waals surface area (Å²) in [7, 11) is 0. The first-order chi connectivity index (χ1) is 12.8. The minimum absolute atomic E-state index is 0.182. The van der Waals surface area contributed by atoms with Gasteiger partial charge in [0.1, 0.15) is 24.7 Å². The van der Waals surface area contributed by atoms with Gasteiger partial charge in [0.25, 0.3) is 0 Å². The summed E-state index contributed by atoms with van der Waals surface area (Å²) in [6, 6.07) is 23.3. The highest BCUT2D eigenvalue weighted by molar-refractivity contribution is 6.07. The summed E-state index contributed by atoms with van der Waals surface area (Å²) in [5, 5.41) is 12.9. The molecule has 1 heterocycles. The van der Waals surface area contributed by atoms with Gasteiger partial charge in [0.2, 0.25) is 0 Å². The second kappa shape index (κ2) is 7.02. The molecule has 26 heavy (non-hydrogen) atoms. The second-order valence-electron chi connectivity index (χ2n) is 6.30. The number of rotatable bonds is 6. The molecule has 0 saturated heterocycles. The first kappa shape index (κ1) is 16.4. The molecular formula is C22H19NO3. The van der Waals surface area contributed by atoms with Crippen molar-refractivity contribution in [1.82, 2.24) is 4.57 Å². The number of aliphatic hydroxyl groups excluding tert-OH is 1. The van der Waals surface area contributed by atoms with Crippen molar-refractivity contribution in [3.8, 4) is 5.75 Å². The third-order valence-corrected chi connectivity index (χ3v) is 4.53. The normalized spacial score (nSPS) is 12.3. The molecule has 0 radical (unpaired) electrons. The molecule has 4 aromatic rings. The molecular weight excluding hydrogens is 326 g/mol. The molecule has 4 rings (SSSR count). The SMILES string of the molecule is O=Cc1ccc(OCC(O)Cn2c3ccccc3c3ccccc32)cc1. The fourth-order valence-corrected chi connectivity index (χ4v) is 3.30. The van der Waals surface area contributed by atoms with Crippen LogP contribution in [0.15, 0.2) is 72.8 Å². The number of fused-ring (bicyclic) bond motifs is 3. The van der Waals surface area contributed by atoms with Gasteiger partial charge in [-0.25, -0.2) is 0 Å². The van der Waals surface area contributed by atoms with Crippen molar-refractivity contribution in [3.05, 3.63) is 78.4 Å². The Labute approximate surface area is 151 Å². The number of hydrogen-bond donors (Lipinski definition) is 1. The van der Waals surface area contributed by atoms with E-state index in [1.165, 1.54) is 10.8 Å². The van der Waals surface area contributed by atoms with Crippen molar-refractivity contribution < 1.29 is 14.6 Å². The number of carbonyl (C=O) groups excluding carboxylic acids is 1. The van der Waals surface area contributed by atoms with Crippen LogP contribution < -0.4 is 4.74 Å². The van der Waals surface area contributed by atoms with E-state index in [0.29, 0.717) is 17.9 Å². The Balaban J connectivity index is 1.55. The number of aldehydes is 1. The highest BCUT2D eigenvalue weighted by atomic mass is 16.5. The third kappa shape index (κ3) is 3.07. The highest BCUT2D eigenvalue weighted by Crippen LogP contribution is 2.28. The van der Waals surface area contributed by atoms with Crippen LogP contribution in [0.2, 0.25) is 0 Å². The van der Waals surface area contributed by atoms with Crippen molar-refractivity contribution in [1.29, 1.82) is 0 Å². The van der Waals surface area contributed by atoms with Crippen LogP contribution in [-0.4, -0.2) is 28.7 Å². The van der Waals surface area contributed by atoms with Gasteiger partial charge in [0.05, 0.1) is 6.54 Å². The predicted molar refractivity (Wildman–Crippen MR) is 103 cm³/mol. The molecule has 0 aliphatic rings. The third-order valence-electron chi connectivity index (χ3n) is 4.53. The lowest BCUT2D eigenvalue weighted by Gasteiger charge is -2.15. The second-order valence-corrected chi connectivity index (χ2v) is 6.30. The van der Waals surface area contributed by atoms with Gasteiger partial charge < -0.3 is 14.4 Å². The number of ether oxygens (including phenoxy) is 1. The monoisotopic (exact) mass is 345 g/mol. The maximum absolute atomic E-state index is 10.7. The van der Waals surface area contributed by atoms with Crippen LogP contribution in [-0.2, 0) is 6.54 Å². The Kier molecular flexibility index (Phi) is 4.42. The predicted octanol–water partition coefficient (Wildman–Crippen LogP) is 4.05. The van der Waals surface area contributed by atoms with Crippen molar-refractivity contribution in [3.63, 3.8) is 0 Å². The smallest absolute Gasteiger partial charge is 0.150 e. The van der Waals surface area contributed by atoms with E-state index in [0.717, 1.165) is 17.3 Å². The van der Waals surface area contributed by atoms with Gasteiger partial charge >= 0.3 is 0 Å². The fourth-order valence-electron chi connectivity index (χ4n) is 3.30. The first-order valence-electron chi connectivity index (χ1n) is 8.58. The summed E-state index contributed by atoms with van der Waals surface area (Å²) in [6.45, 7) is 0.627. The molecule has 0 spiro atoms. The lowest BCUT2D eigenvalue weighted by Crippen LogP contribution is -2.23. The highest BCUT2D eigenvalue weighted by Gasteiger charge is 2.13. The van der Waals surface area contributed by atoms with E-state index in [-0.39, 0.29) is 6.61 Å². The van der Waals surface area contributed by atoms with Gasteiger partial charge in [0, 0.05) is 27.4 Å². The van der Waals surface area contributed by atoms with E-state index in [4.69, 9.17) is 4.74 Å². The van der Waals surface area contributed by atoms with Gasteiger partial charge in [-0.15, -0.1) is 0 Å². The van der Waals surface area contributed by atoms with E-state index in [1.807, 2.05) is 24.3 Å². The molecule has 1 N–H and O–H groups in total. The largest absolute Gasteiger partial charge is 0.491 e. The molecule has 4 heteroatoms. The van der Waals surface area contributed by atoms with Crippen LogP contribution in [0.5, 0.6) is 5.75 Å². The lowest BCUT2D eigenvalue weighted by molar-refractivity contribution is 0.0944. The summed E-state index contributed by atoms with van der Waals surface area (Å²) in [4.78, 5) is 10.7.